The highest BCUT2D eigenvalue weighted by molar-refractivity contribution is 5.40. The van der Waals surface area contributed by atoms with E-state index in [2.05, 4.69) is 25.1 Å². The summed E-state index contributed by atoms with van der Waals surface area (Å²) in [5.74, 6) is 0.984. The summed E-state index contributed by atoms with van der Waals surface area (Å²) in [5.41, 5.74) is 7.75. The lowest BCUT2D eigenvalue weighted by atomic mass is 9.89. The fraction of sp³-hybridized carbons (Fsp3) is 0.588. The van der Waals surface area contributed by atoms with Crippen LogP contribution in [-0.4, -0.2) is 13.2 Å². The molecule has 3 nitrogen and oxygen atoms in total. The lowest BCUT2D eigenvalue weighted by Crippen LogP contribution is -2.09. The van der Waals surface area contributed by atoms with E-state index in [9.17, 15) is 0 Å². The zero-order chi connectivity index (χ0) is 15.0. The maximum Gasteiger partial charge on any atom is 0.125 e. The molecule has 1 aromatic rings. The van der Waals surface area contributed by atoms with Gasteiger partial charge >= 0.3 is 0 Å². The second-order valence-corrected chi connectivity index (χ2v) is 5.90. The van der Waals surface area contributed by atoms with Crippen molar-refractivity contribution in [1.29, 1.82) is 5.26 Å². The molecule has 0 saturated heterocycles. The van der Waals surface area contributed by atoms with E-state index in [4.69, 9.17) is 15.7 Å². The van der Waals surface area contributed by atoms with Crippen molar-refractivity contribution in [3.63, 3.8) is 0 Å². The van der Waals surface area contributed by atoms with Crippen LogP contribution in [0.3, 0.4) is 0 Å². The van der Waals surface area contributed by atoms with Crippen molar-refractivity contribution < 1.29 is 4.74 Å². The number of aryl methyl sites for hydroxylation is 1. The Morgan fingerprint density at radius 3 is 2.70 bits per heavy atom. The number of para-hydroxylation sites is 1. The number of hydrogen-bond donors (Lipinski definition) is 1. The molecule has 0 aliphatic heterocycles. The van der Waals surface area contributed by atoms with E-state index in [1.165, 1.54) is 5.56 Å². The third-order valence-corrected chi connectivity index (χ3v) is 3.45. The van der Waals surface area contributed by atoms with Gasteiger partial charge in [-0.25, -0.2) is 0 Å². The van der Waals surface area contributed by atoms with Gasteiger partial charge in [0.1, 0.15) is 5.75 Å². The minimum absolute atomic E-state index is 0.229. The Morgan fingerprint density at radius 1 is 1.30 bits per heavy atom. The molecule has 0 aromatic heterocycles. The summed E-state index contributed by atoms with van der Waals surface area (Å²) in [6, 6.07) is 8.52. The molecule has 0 aliphatic rings. The maximum absolute atomic E-state index is 8.97. The van der Waals surface area contributed by atoms with Crippen LogP contribution in [-0.2, 0) is 6.42 Å². The molecule has 0 bridgehead atoms. The highest BCUT2D eigenvalue weighted by Gasteiger charge is 2.15. The normalized spacial score (nSPS) is 11.2. The first-order chi connectivity index (χ1) is 9.50. The van der Waals surface area contributed by atoms with Gasteiger partial charge in [-0.1, -0.05) is 18.2 Å². The summed E-state index contributed by atoms with van der Waals surface area (Å²) in [7, 11) is 0. The molecule has 2 N–H and O–H groups in total. The zero-order valence-corrected chi connectivity index (χ0v) is 12.9. The number of nitriles is 1. The van der Waals surface area contributed by atoms with E-state index in [1.54, 1.807) is 0 Å². The van der Waals surface area contributed by atoms with Gasteiger partial charge in [0.05, 0.1) is 18.1 Å². The van der Waals surface area contributed by atoms with Gasteiger partial charge in [0.2, 0.25) is 0 Å². The molecule has 0 fully saturated rings. The summed E-state index contributed by atoms with van der Waals surface area (Å²) >= 11 is 0. The van der Waals surface area contributed by atoms with Crippen LogP contribution in [0.2, 0.25) is 0 Å². The average Bonchev–Trinajstić information content (AvgIpc) is 2.41. The molecule has 0 unspecified atom stereocenters. The van der Waals surface area contributed by atoms with Gasteiger partial charge < -0.3 is 10.5 Å². The van der Waals surface area contributed by atoms with E-state index < -0.39 is 0 Å². The standard InChI is InChI=1S/C17H26N2O/c1-14-7-6-8-15(9-11-18)16(14)20-12-5-4-10-17(2,3)13-19/h6-8H,4-5,9-12,18H2,1-3H3. The fourth-order valence-electron chi connectivity index (χ4n) is 2.17. The van der Waals surface area contributed by atoms with Crippen molar-refractivity contribution >= 4 is 0 Å². The van der Waals surface area contributed by atoms with Crippen molar-refractivity contribution in [3.05, 3.63) is 29.3 Å². The van der Waals surface area contributed by atoms with Crippen molar-refractivity contribution in [2.45, 2.75) is 46.5 Å². The minimum Gasteiger partial charge on any atom is -0.493 e. The molecule has 1 aromatic carbocycles. The number of unbranched alkanes of at least 4 members (excludes halogenated alkanes) is 1. The van der Waals surface area contributed by atoms with Gasteiger partial charge in [-0.3, -0.25) is 0 Å². The van der Waals surface area contributed by atoms with E-state index in [0.717, 1.165) is 37.0 Å². The maximum atomic E-state index is 8.97. The predicted molar refractivity (Wildman–Crippen MR) is 82.7 cm³/mol. The Kier molecular flexibility index (Phi) is 6.54. The second kappa shape index (κ2) is 7.91. The van der Waals surface area contributed by atoms with Gasteiger partial charge in [-0.15, -0.1) is 0 Å². The van der Waals surface area contributed by atoms with Crippen molar-refractivity contribution in [3.8, 4) is 11.8 Å². The third kappa shape index (κ3) is 5.22. The first-order valence-electron chi connectivity index (χ1n) is 7.33. The molecule has 20 heavy (non-hydrogen) atoms. The number of nitrogens with two attached hydrogens (primary N) is 1. The van der Waals surface area contributed by atoms with Gasteiger partial charge in [0.25, 0.3) is 0 Å². The number of benzene rings is 1. The Balaban J connectivity index is 2.44. The molecule has 0 heterocycles. The monoisotopic (exact) mass is 274 g/mol. The Bertz CT molecular complexity index is 461. The molecular formula is C17H26N2O. The quantitative estimate of drug-likeness (QED) is 0.737. The van der Waals surface area contributed by atoms with Gasteiger partial charge in [0.15, 0.2) is 0 Å². The van der Waals surface area contributed by atoms with Crippen LogP contribution in [0.4, 0.5) is 0 Å². The lowest BCUT2D eigenvalue weighted by Gasteiger charge is -2.16. The summed E-state index contributed by atoms with van der Waals surface area (Å²) < 4.78 is 5.93. The van der Waals surface area contributed by atoms with Gasteiger partial charge in [-0.2, -0.15) is 5.26 Å². The van der Waals surface area contributed by atoms with Gasteiger partial charge in [-0.05, 0) is 64.1 Å². The van der Waals surface area contributed by atoms with E-state index in [1.807, 2.05) is 19.9 Å². The number of hydrogen-bond acceptors (Lipinski definition) is 3. The SMILES string of the molecule is Cc1cccc(CCN)c1OCCCCC(C)(C)C#N. The molecule has 0 amide bonds. The van der Waals surface area contributed by atoms with Crippen LogP contribution >= 0.6 is 0 Å². The van der Waals surface area contributed by atoms with Crippen LogP contribution in [0.1, 0.15) is 44.2 Å². The molecule has 1 rings (SSSR count). The number of nitrogens with zero attached hydrogens (tertiary/aromatic N) is 1. The number of rotatable bonds is 8. The van der Waals surface area contributed by atoms with Crippen LogP contribution in [0.25, 0.3) is 0 Å². The van der Waals surface area contributed by atoms with Gasteiger partial charge in [0, 0.05) is 0 Å². The second-order valence-electron chi connectivity index (χ2n) is 5.90. The smallest absolute Gasteiger partial charge is 0.125 e. The molecule has 0 aliphatic carbocycles. The van der Waals surface area contributed by atoms with Crippen molar-refractivity contribution in [2.24, 2.45) is 11.1 Å². The largest absolute Gasteiger partial charge is 0.493 e. The Morgan fingerprint density at radius 2 is 2.05 bits per heavy atom. The number of ether oxygens (including phenoxy) is 1. The highest BCUT2D eigenvalue weighted by Crippen LogP contribution is 2.25. The minimum atomic E-state index is -0.229. The Labute approximate surface area is 122 Å². The summed E-state index contributed by atoms with van der Waals surface area (Å²) in [6.07, 6.45) is 3.74. The molecule has 0 spiro atoms. The molecular weight excluding hydrogens is 248 g/mol. The van der Waals surface area contributed by atoms with Crippen LogP contribution in [0.15, 0.2) is 18.2 Å². The summed E-state index contributed by atoms with van der Waals surface area (Å²) in [5, 5.41) is 8.97. The molecule has 0 radical (unpaired) electrons. The summed E-state index contributed by atoms with van der Waals surface area (Å²) in [6.45, 7) is 7.36. The lowest BCUT2D eigenvalue weighted by molar-refractivity contribution is 0.290. The molecule has 3 heteroatoms. The summed E-state index contributed by atoms with van der Waals surface area (Å²) in [4.78, 5) is 0. The fourth-order valence-corrected chi connectivity index (χ4v) is 2.17. The van der Waals surface area contributed by atoms with E-state index in [0.29, 0.717) is 13.2 Å². The van der Waals surface area contributed by atoms with E-state index >= 15 is 0 Å². The third-order valence-electron chi connectivity index (χ3n) is 3.45. The van der Waals surface area contributed by atoms with Crippen LogP contribution in [0, 0.1) is 23.7 Å². The molecule has 0 atom stereocenters. The molecule has 110 valence electrons. The Hall–Kier alpha value is -1.53. The predicted octanol–water partition coefficient (Wildman–Crippen LogP) is 3.60. The van der Waals surface area contributed by atoms with Crippen molar-refractivity contribution in [2.75, 3.05) is 13.2 Å². The molecule has 0 saturated carbocycles. The average molecular weight is 274 g/mol. The first-order valence-corrected chi connectivity index (χ1v) is 7.33. The topological polar surface area (TPSA) is 59.0 Å². The van der Waals surface area contributed by atoms with Crippen LogP contribution in [0.5, 0.6) is 5.75 Å². The first kappa shape index (κ1) is 16.5. The van der Waals surface area contributed by atoms with E-state index in [-0.39, 0.29) is 5.41 Å². The van der Waals surface area contributed by atoms with Crippen molar-refractivity contribution in [1.82, 2.24) is 0 Å². The van der Waals surface area contributed by atoms with Crippen LogP contribution < -0.4 is 10.5 Å². The zero-order valence-electron chi connectivity index (χ0n) is 12.9. The highest BCUT2D eigenvalue weighted by atomic mass is 16.5.